The predicted molar refractivity (Wildman–Crippen MR) is 70.8 cm³/mol. The molecule has 0 spiro atoms. The summed E-state index contributed by atoms with van der Waals surface area (Å²) in [4.78, 5) is 0. The van der Waals surface area contributed by atoms with Gasteiger partial charge in [-0.25, -0.2) is 4.68 Å². The molecule has 0 aliphatic carbocycles. The van der Waals surface area contributed by atoms with E-state index in [2.05, 4.69) is 50.1 Å². The minimum absolute atomic E-state index is 0.0710. The van der Waals surface area contributed by atoms with Crippen LogP contribution in [0.3, 0.4) is 0 Å². The third-order valence-electron chi connectivity index (χ3n) is 3.06. The molecule has 0 unspecified atom stereocenters. The topological polar surface area (TPSA) is 50.9 Å². The molecule has 2 rings (SSSR count). The third kappa shape index (κ3) is 2.16. The van der Waals surface area contributed by atoms with Gasteiger partial charge in [-0.1, -0.05) is 36.8 Å². The molecule has 1 heterocycles. The fraction of sp³-hybridized carbons (Fsp3) is 0.429. The largest absolute Gasteiger partial charge is 0.390 e. The van der Waals surface area contributed by atoms with Crippen molar-refractivity contribution in [1.29, 1.82) is 0 Å². The number of hydrogen-bond acceptors (Lipinski definition) is 3. The van der Waals surface area contributed by atoms with Crippen molar-refractivity contribution in [1.82, 2.24) is 15.0 Å². The summed E-state index contributed by atoms with van der Waals surface area (Å²) in [6.45, 7) is 8.22. The van der Waals surface area contributed by atoms with Gasteiger partial charge in [0.05, 0.1) is 18.0 Å². The summed E-state index contributed by atoms with van der Waals surface area (Å²) in [5, 5.41) is 17.6. The quantitative estimate of drug-likeness (QED) is 0.904. The highest BCUT2D eigenvalue weighted by Crippen LogP contribution is 2.23. The Morgan fingerprint density at radius 3 is 2.56 bits per heavy atom. The molecule has 1 aromatic heterocycles. The zero-order valence-electron chi connectivity index (χ0n) is 11.3. The Balaban J connectivity index is 2.60. The number of benzene rings is 1. The van der Waals surface area contributed by atoms with Crippen LogP contribution in [0.15, 0.2) is 18.2 Å². The number of rotatable bonds is 3. The van der Waals surface area contributed by atoms with Crippen molar-refractivity contribution in [3.8, 4) is 5.69 Å². The summed E-state index contributed by atoms with van der Waals surface area (Å²) in [6, 6.07) is 6.23. The minimum atomic E-state index is -0.0710. The van der Waals surface area contributed by atoms with E-state index >= 15 is 0 Å². The van der Waals surface area contributed by atoms with Gasteiger partial charge in [-0.3, -0.25) is 0 Å². The maximum atomic E-state index is 9.33. The van der Waals surface area contributed by atoms with Gasteiger partial charge < -0.3 is 5.11 Å². The molecule has 0 aliphatic rings. The van der Waals surface area contributed by atoms with Gasteiger partial charge in [-0.05, 0) is 31.4 Å². The molecule has 0 radical (unpaired) electrons. The lowest BCUT2D eigenvalue weighted by molar-refractivity contribution is 0.275. The molecular weight excluding hydrogens is 226 g/mol. The lowest BCUT2D eigenvalue weighted by Gasteiger charge is -2.12. The fourth-order valence-corrected chi connectivity index (χ4v) is 2.23. The summed E-state index contributed by atoms with van der Waals surface area (Å²) in [5.74, 6) is 0.267. The van der Waals surface area contributed by atoms with Crippen LogP contribution < -0.4 is 0 Å². The number of aliphatic hydroxyl groups is 1. The Morgan fingerprint density at radius 1 is 1.28 bits per heavy atom. The molecule has 0 aliphatic heterocycles. The summed E-state index contributed by atoms with van der Waals surface area (Å²) < 4.78 is 1.84. The van der Waals surface area contributed by atoms with E-state index in [1.54, 1.807) is 0 Å². The standard InChI is InChI=1S/C14H19N3O/c1-9(2)14-12(8-18)15-16-17(14)13-6-5-10(3)7-11(13)4/h5-7,9,18H,8H2,1-4H3. The van der Waals surface area contributed by atoms with Crippen molar-refractivity contribution >= 4 is 0 Å². The van der Waals surface area contributed by atoms with E-state index in [0.29, 0.717) is 5.69 Å². The summed E-state index contributed by atoms with van der Waals surface area (Å²) in [6.07, 6.45) is 0. The molecule has 1 N–H and O–H groups in total. The van der Waals surface area contributed by atoms with E-state index in [9.17, 15) is 5.11 Å². The average Bonchev–Trinajstić information content (AvgIpc) is 2.72. The van der Waals surface area contributed by atoms with Gasteiger partial charge in [0.1, 0.15) is 5.69 Å². The molecule has 0 saturated heterocycles. The minimum Gasteiger partial charge on any atom is -0.390 e. The van der Waals surface area contributed by atoms with Crippen LogP contribution >= 0.6 is 0 Å². The molecule has 4 nitrogen and oxygen atoms in total. The molecule has 0 fully saturated rings. The van der Waals surface area contributed by atoms with Crippen molar-refractivity contribution in [3.05, 3.63) is 40.7 Å². The van der Waals surface area contributed by atoms with Crippen LogP contribution in [-0.2, 0) is 6.61 Å². The van der Waals surface area contributed by atoms with Gasteiger partial charge >= 0.3 is 0 Å². The van der Waals surface area contributed by atoms with Gasteiger partial charge in [0.15, 0.2) is 0 Å². The maximum absolute atomic E-state index is 9.33. The number of aliphatic hydroxyl groups excluding tert-OH is 1. The molecule has 2 aromatic rings. The van der Waals surface area contributed by atoms with E-state index in [-0.39, 0.29) is 12.5 Å². The van der Waals surface area contributed by atoms with E-state index in [1.807, 2.05) is 10.7 Å². The Labute approximate surface area is 107 Å². The Morgan fingerprint density at radius 2 is 2.00 bits per heavy atom. The van der Waals surface area contributed by atoms with E-state index < -0.39 is 0 Å². The molecule has 4 heteroatoms. The van der Waals surface area contributed by atoms with Crippen LogP contribution in [-0.4, -0.2) is 20.1 Å². The van der Waals surface area contributed by atoms with Crippen molar-refractivity contribution in [2.75, 3.05) is 0 Å². The van der Waals surface area contributed by atoms with E-state index in [0.717, 1.165) is 16.9 Å². The second-order valence-corrected chi connectivity index (χ2v) is 4.94. The molecule has 96 valence electrons. The first-order valence-corrected chi connectivity index (χ1v) is 6.17. The van der Waals surface area contributed by atoms with Gasteiger partial charge in [0.25, 0.3) is 0 Å². The Kier molecular flexibility index (Phi) is 3.48. The summed E-state index contributed by atoms with van der Waals surface area (Å²) in [5.41, 5.74) is 5.04. The number of aromatic nitrogens is 3. The number of hydrogen-bond donors (Lipinski definition) is 1. The SMILES string of the molecule is Cc1ccc(-n2nnc(CO)c2C(C)C)c(C)c1. The third-order valence-corrected chi connectivity index (χ3v) is 3.06. The highest BCUT2D eigenvalue weighted by atomic mass is 16.3. The summed E-state index contributed by atoms with van der Waals surface area (Å²) >= 11 is 0. The molecule has 0 amide bonds. The summed E-state index contributed by atoms with van der Waals surface area (Å²) in [7, 11) is 0. The van der Waals surface area contributed by atoms with Crippen LogP contribution in [0.25, 0.3) is 5.69 Å². The van der Waals surface area contributed by atoms with Crippen LogP contribution in [0, 0.1) is 13.8 Å². The Hall–Kier alpha value is -1.68. The van der Waals surface area contributed by atoms with Gasteiger partial charge in [0.2, 0.25) is 0 Å². The highest BCUT2D eigenvalue weighted by Gasteiger charge is 2.17. The van der Waals surface area contributed by atoms with E-state index in [1.165, 1.54) is 5.56 Å². The molecule has 1 aromatic carbocycles. The molecule has 0 atom stereocenters. The first-order valence-electron chi connectivity index (χ1n) is 6.17. The maximum Gasteiger partial charge on any atom is 0.112 e. The first-order chi connectivity index (χ1) is 8.54. The monoisotopic (exact) mass is 245 g/mol. The lowest BCUT2D eigenvalue weighted by Crippen LogP contribution is -2.07. The van der Waals surface area contributed by atoms with Gasteiger partial charge in [-0.15, -0.1) is 5.10 Å². The molecule has 0 bridgehead atoms. The van der Waals surface area contributed by atoms with E-state index in [4.69, 9.17) is 0 Å². The smallest absolute Gasteiger partial charge is 0.112 e. The molecule has 18 heavy (non-hydrogen) atoms. The van der Waals surface area contributed by atoms with Gasteiger partial charge in [-0.2, -0.15) is 0 Å². The van der Waals surface area contributed by atoms with Crippen LogP contribution in [0.4, 0.5) is 0 Å². The zero-order valence-corrected chi connectivity index (χ0v) is 11.3. The number of aryl methyl sites for hydroxylation is 2. The molecular formula is C14H19N3O. The van der Waals surface area contributed by atoms with Crippen LogP contribution in [0.5, 0.6) is 0 Å². The van der Waals surface area contributed by atoms with Crippen molar-refractivity contribution in [2.24, 2.45) is 0 Å². The fourth-order valence-electron chi connectivity index (χ4n) is 2.23. The predicted octanol–water partition coefficient (Wildman–Crippen LogP) is 2.50. The Bertz CT molecular complexity index is 558. The van der Waals surface area contributed by atoms with Crippen molar-refractivity contribution in [2.45, 2.75) is 40.2 Å². The first kappa shape index (κ1) is 12.8. The zero-order chi connectivity index (χ0) is 13.3. The van der Waals surface area contributed by atoms with Gasteiger partial charge in [0, 0.05) is 0 Å². The average molecular weight is 245 g/mol. The second-order valence-electron chi connectivity index (χ2n) is 4.94. The number of nitrogens with zero attached hydrogens (tertiary/aromatic N) is 3. The highest BCUT2D eigenvalue weighted by molar-refractivity contribution is 5.43. The lowest BCUT2D eigenvalue weighted by atomic mass is 10.1. The normalized spacial score (nSPS) is 11.2. The molecule has 0 saturated carbocycles. The van der Waals surface area contributed by atoms with Crippen LogP contribution in [0.1, 0.15) is 42.3 Å². The second kappa shape index (κ2) is 4.90. The van der Waals surface area contributed by atoms with Crippen molar-refractivity contribution < 1.29 is 5.11 Å². The van der Waals surface area contributed by atoms with Crippen molar-refractivity contribution in [3.63, 3.8) is 0 Å². The van der Waals surface area contributed by atoms with Crippen LogP contribution in [0.2, 0.25) is 0 Å².